The average molecular weight is 344 g/mol. The molecule has 0 aliphatic carbocycles. The topological polar surface area (TPSA) is 45.6 Å². The molecule has 0 unspecified atom stereocenters. The lowest BCUT2D eigenvalue weighted by atomic mass is 9.92. The van der Waals surface area contributed by atoms with Crippen LogP contribution < -0.4 is 4.74 Å². The zero-order valence-corrected chi connectivity index (χ0v) is 14.8. The molecule has 1 N–H and O–H groups in total. The van der Waals surface area contributed by atoms with Crippen molar-refractivity contribution in [1.82, 2.24) is 9.88 Å². The van der Waals surface area contributed by atoms with Crippen molar-refractivity contribution in [1.29, 1.82) is 0 Å². The van der Waals surface area contributed by atoms with Crippen molar-refractivity contribution in [3.05, 3.63) is 59.2 Å². The second-order valence-corrected chi connectivity index (χ2v) is 7.00. The summed E-state index contributed by atoms with van der Waals surface area (Å²) in [7, 11) is 0. The van der Waals surface area contributed by atoms with Crippen LogP contribution in [0.5, 0.6) is 5.75 Å². The number of hydrogen-bond donors (Lipinski definition) is 1. The number of pyridine rings is 1. The number of ether oxygens (including phenoxy) is 1. The Bertz CT molecular complexity index is 710. The lowest BCUT2D eigenvalue weighted by Crippen LogP contribution is -2.47. The average Bonchev–Trinajstić information content (AvgIpc) is 2.60. The van der Waals surface area contributed by atoms with Crippen LogP contribution >= 0.6 is 0 Å². The van der Waals surface area contributed by atoms with E-state index >= 15 is 0 Å². The highest BCUT2D eigenvalue weighted by molar-refractivity contribution is 5.33. The number of piperidine rings is 1. The SMILES string of the molecule is Cc1ccc(OCC2(O)CCN(Cc3ccc(F)cn3)CC2)cc1C. The summed E-state index contributed by atoms with van der Waals surface area (Å²) in [6.45, 7) is 6.64. The normalized spacial score (nSPS) is 17.4. The number of benzene rings is 1. The van der Waals surface area contributed by atoms with Crippen molar-refractivity contribution < 1.29 is 14.2 Å². The van der Waals surface area contributed by atoms with Crippen LogP contribution in [-0.4, -0.2) is 40.3 Å². The summed E-state index contributed by atoms with van der Waals surface area (Å²) >= 11 is 0. The Labute approximate surface area is 148 Å². The molecule has 4 nitrogen and oxygen atoms in total. The van der Waals surface area contributed by atoms with Crippen molar-refractivity contribution in [2.45, 2.75) is 38.8 Å². The molecule has 1 aromatic carbocycles. The molecular formula is C20H25FN2O2. The fourth-order valence-corrected chi connectivity index (χ4v) is 3.02. The van der Waals surface area contributed by atoms with E-state index in [0.717, 1.165) is 24.5 Å². The maximum absolute atomic E-state index is 12.9. The van der Waals surface area contributed by atoms with Crippen LogP contribution in [-0.2, 0) is 6.54 Å². The van der Waals surface area contributed by atoms with Gasteiger partial charge in [-0.25, -0.2) is 4.39 Å². The fourth-order valence-electron chi connectivity index (χ4n) is 3.02. The van der Waals surface area contributed by atoms with Gasteiger partial charge in [-0.05, 0) is 62.1 Å². The highest BCUT2D eigenvalue weighted by Gasteiger charge is 2.33. The first-order valence-electron chi connectivity index (χ1n) is 8.69. The van der Waals surface area contributed by atoms with Crippen molar-refractivity contribution in [3.63, 3.8) is 0 Å². The molecule has 0 amide bonds. The van der Waals surface area contributed by atoms with E-state index in [2.05, 4.69) is 23.7 Å². The maximum Gasteiger partial charge on any atom is 0.141 e. The molecule has 3 rings (SSSR count). The smallest absolute Gasteiger partial charge is 0.141 e. The summed E-state index contributed by atoms with van der Waals surface area (Å²) in [6.07, 6.45) is 2.55. The Balaban J connectivity index is 1.49. The van der Waals surface area contributed by atoms with Gasteiger partial charge in [-0.15, -0.1) is 0 Å². The first-order chi connectivity index (χ1) is 11.9. The summed E-state index contributed by atoms with van der Waals surface area (Å²) in [4.78, 5) is 6.32. The van der Waals surface area contributed by atoms with Crippen LogP contribution in [0.25, 0.3) is 0 Å². The third-order valence-corrected chi connectivity index (χ3v) is 4.95. The van der Waals surface area contributed by atoms with Gasteiger partial charge in [-0.3, -0.25) is 9.88 Å². The summed E-state index contributed by atoms with van der Waals surface area (Å²) in [5.41, 5.74) is 2.46. The molecule has 2 aromatic rings. The quantitative estimate of drug-likeness (QED) is 0.904. The number of nitrogens with zero attached hydrogens (tertiary/aromatic N) is 2. The van der Waals surface area contributed by atoms with Gasteiger partial charge in [0.1, 0.15) is 23.8 Å². The summed E-state index contributed by atoms with van der Waals surface area (Å²) in [5.74, 6) is 0.481. The molecule has 0 bridgehead atoms. The van der Waals surface area contributed by atoms with Gasteiger partial charge >= 0.3 is 0 Å². The van der Waals surface area contributed by atoms with Crippen molar-refractivity contribution >= 4 is 0 Å². The minimum Gasteiger partial charge on any atom is -0.491 e. The van der Waals surface area contributed by atoms with Crippen LogP contribution in [0.3, 0.4) is 0 Å². The molecule has 2 heterocycles. The van der Waals surface area contributed by atoms with Gasteiger partial charge in [0.05, 0.1) is 11.9 Å². The number of likely N-dealkylation sites (tertiary alicyclic amines) is 1. The first kappa shape index (κ1) is 17.8. The zero-order chi connectivity index (χ0) is 17.9. The van der Waals surface area contributed by atoms with E-state index in [-0.39, 0.29) is 5.82 Å². The molecule has 0 saturated carbocycles. The van der Waals surface area contributed by atoms with Gasteiger partial charge in [0.25, 0.3) is 0 Å². The molecule has 25 heavy (non-hydrogen) atoms. The Morgan fingerprint density at radius 1 is 1.16 bits per heavy atom. The zero-order valence-electron chi connectivity index (χ0n) is 14.8. The van der Waals surface area contributed by atoms with Crippen LogP contribution in [0, 0.1) is 19.7 Å². The predicted octanol–water partition coefficient (Wildman–Crippen LogP) is 3.24. The van der Waals surface area contributed by atoms with E-state index in [1.807, 2.05) is 18.2 Å². The Morgan fingerprint density at radius 3 is 2.56 bits per heavy atom. The number of hydrogen-bond acceptors (Lipinski definition) is 4. The van der Waals surface area contributed by atoms with E-state index in [4.69, 9.17) is 4.74 Å². The van der Waals surface area contributed by atoms with E-state index in [0.29, 0.717) is 26.0 Å². The van der Waals surface area contributed by atoms with Gasteiger partial charge in [-0.2, -0.15) is 0 Å². The second kappa shape index (κ2) is 7.50. The number of aromatic nitrogens is 1. The van der Waals surface area contributed by atoms with Gasteiger partial charge in [0.2, 0.25) is 0 Å². The molecule has 134 valence electrons. The number of aliphatic hydroxyl groups is 1. The van der Waals surface area contributed by atoms with E-state index < -0.39 is 5.60 Å². The minimum absolute atomic E-state index is 0.304. The van der Waals surface area contributed by atoms with Crippen LogP contribution in [0.2, 0.25) is 0 Å². The predicted molar refractivity (Wildman–Crippen MR) is 95.1 cm³/mol. The lowest BCUT2D eigenvalue weighted by molar-refractivity contribution is -0.0539. The Morgan fingerprint density at radius 2 is 1.92 bits per heavy atom. The number of rotatable bonds is 5. The Kier molecular flexibility index (Phi) is 5.35. The second-order valence-electron chi connectivity index (χ2n) is 7.00. The van der Waals surface area contributed by atoms with Gasteiger partial charge < -0.3 is 9.84 Å². The molecule has 1 aliphatic rings. The lowest BCUT2D eigenvalue weighted by Gasteiger charge is -2.37. The molecular weight excluding hydrogens is 319 g/mol. The molecule has 0 radical (unpaired) electrons. The summed E-state index contributed by atoms with van der Waals surface area (Å²) in [5, 5.41) is 10.8. The third-order valence-electron chi connectivity index (χ3n) is 4.95. The molecule has 1 aromatic heterocycles. The highest BCUT2D eigenvalue weighted by atomic mass is 19.1. The molecule has 0 spiro atoms. The number of halogens is 1. The maximum atomic E-state index is 12.9. The van der Waals surface area contributed by atoms with Crippen LogP contribution in [0.1, 0.15) is 29.7 Å². The molecule has 1 fully saturated rings. The summed E-state index contributed by atoms with van der Waals surface area (Å²) < 4.78 is 18.7. The van der Waals surface area contributed by atoms with E-state index in [1.165, 1.54) is 23.4 Å². The van der Waals surface area contributed by atoms with Gasteiger partial charge in [0.15, 0.2) is 0 Å². The van der Waals surface area contributed by atoms with Gasteiger partial charge in [0, 0.05) is 19.6 Å². The molecule has 1 aliphatic heterocycles. The Hall–Kier alpha value is -1.98. The fraction of sp³-hybridized carbons (Fsp3) is 0.450. The first-order valence-corrected chi connectivity index (χ1v) is 8.69. The van der Waals surface area contributed by atoms with Gasteiger partial charge in [-0.1, -0.05) is 6.07 Å². The van der Waals surface area contributed by atoms with E-state index in [1.54, 1.807) is 6.07 Å². The minimum atomic E-state index is -0.800. The molecule has 5 heteroatoms. The number of aryl methyl sites for hydroxylation is 2. The molecule has 0 atom stereocenters. The standard InChI is InChI=1S/C20H25FN2O2/c1-15-3-6-19(11-16(15)2)25-14-20(24)7-9-23(10-8-20)13-18-5-4-17(21)12-22-18/h3-6,11-12,24H,7-10,13-14H2,1-2H3. The largest absolute Gasteiger partial charge is 0.491 e. The van der Waals surface area contributed by atoms with E-state index in [9.17, 15) is 9.50 Å². The molecule has 1 saturated heterocycles. The van der Waals surface area contributed by atoms with Crippen LogP contribution in [0.4, 0.5) is 4.39 Å². The van der Waals surface area contributed by atoms with Crippen LogP contribution in [0.15, 0.2) is 36.5 Å². The monoisotopic (exact) mass is 344 g/mol. The third kappa shape index (κ3) is 4.77. The van der Waals surface area contributed by atoms with Crippen molar-refractivity contribution in [2.24, 2.45) is 0 Å². The van der Waals surface area contributed by atoms with Crippen molar-refractivity contribution in [2.75, 3.05) is 19.7 Å². The summed E-state index contributed by atoms with van der Waals surface area (Å²) in [6, 6.07) is 9.13. The van der Waals surface area contributed by atoms with Crippen molar-refractivity contribution in [3.8, 4) is 5.75 Å². The highest BCUT2D eigenvalue weighted by Crippen LogP contribution is 2.25.